The number of halogens is 1. The van der Waals surface area contributed by atoms with Crippen LogP contribution < -0.4 is 24.8 Å². The number of anilines is 2. The number of amides is 2. The summed E-state index contributed by atoms with van der Waals surface area (Å²) in [5.41, 5.74) is 1.90. The van der Waals surface area contributed by atoms with Gasteiger partial charge in [0.15, 0.2) is 0 Å². The smallest absolute Gasteiger partial charge is 0.411 e. The quantitative estimate of drug-likeness (QED) is 0.157. The van der Waals surface area contributed by atoms with Crippen LogP contribution in [0.1, 0.15) is 11.1 Å². The highest BCUT2D eigenvalue weighted by atomic mass is 35.5. The predicted molar refractivity (Wildman–Crippen MR) is 186 cm³/mol. The number of nitrogens with one attached hydrogen (secondary N) is 3. The zero-order valence-electron chi connectivity index (χ0n) is 26.7. The molecule has 0 spiro atoms. The van der Waals surface area contributed by atoms with Crippen LogP contribution in [-0.2, 0) is 32.5 Å². The number of aromatic nitrogens is 2. The largest absolute Gasteiger partial charge is 0.497 e. The van der Waals surface area contributed by atoms with Crippen molar-refractivity contribution in [1.29, 1.82) is 0 Å². The van der Waals surface area contributed by atoms with Gasteiger partial charge in [-0.1, -0.05) is 35.9 Å². The Kier molecular flexibility index (Phi) is 11.8. The highest BCUT2D eigenvalue weighted by Crippen LogP contribution is 2.33. The molecular weight excluding hydrogens is 666 g/mol. The predicted octanol–water partition coefficient (Wildman–Crippen LogP) is 5.45. The Labute approximate surface area is 281 Å². The van der Waals surface area contributed by atoms with Crippen molar-refractivity contribution in [1.82, 2.24) is 14.5 Å². The Morgan fingerprint density at radius 1 is 0.915 bits per heavy atom. The van der Waals surface area contributed by atoms with Gasteiger partial charge < -0.3 is 19.5 Å². The van der Waals surface area contributed by atoms with Gasteiger partial charge in [0.25, 0.3) is 0 Å². The van der Waals surface area contributed by atoms with Crippen molar-refractivity contribution in [3.8, 4) is 17.2 Å². The second-order valence-corrected chi connectivity index (χ2v) is 18.0. The third kappa shape index (κ3) is 10.1. The van der Waals surface area contributed by atoms with E-state index in [1.54, 1.807) is 48.5 Å². The zero-order valence-corrected chi connectivity index (χ0v) is 29.1. The highest BCUT2D eigenvalue weighted by Gasteiger charge is 2.23. The molecule has 12 nitrogen and oxygen atoms in total. The van der Waals surface area contributed by atoms with Crippen LogP contribution in [0.4, 0.5) is 16.2 Å². The van der Waals surface area contributed by atoms with E-state index in [1.165, 1.54) is 43.4 Å². The van der Waals surface area contributed by atoms with Gasteiger partial charge in [-0.25, -0.2) is 32.6 Å². The average molecular weight is 704 g/mol. The van der Waals surface area contributed by atoms with E-state index in [-0.39, 0.29) is 41.7 Å². The van der Waals surface area contributed by atoms with E-state index < -0.39 is 26.1 Å². The maximum Gasteiger partial charge on any atom is 0.411 e. The summed E-state index contributed by atoms with van der Waals surface area (Å²) in [5, 5.41) is 10.1. The minimum Gasteiger partial charge on any atom is -0.497 e. The van der Waals surface area contributed by atoms with Crippen molar-refractivity contribution in [2.45, 2.75) is 17.9 Å². The van der Waals surface area contributed by atoms with Gasteiger partial charge in [0.05, 0.1) is 44.4 Å². The molecular formula is C32H38ClN5O7S2. The summed E-state index contributed by atoms with van der Waals surface area (Å²) < 4.78 is 47.5. The van der Waals surface area contributed by atoms with Crippen LogP contribution in [0.2, 0.25) is 5.02 Å². The first-order valence-electron chi connectivity index (χ1n) is 14.3. The van der Waals surface area contributed by atoms with Gasteiger partial charge in [-0.2, -0.15) is 5.10 Å². The third-order valence-electron chi connectivity index (χ3n) is 6.79. The number of rotatable bonds is 14. The summed E-state index contributed by atoms with van der Waals surface area (Å²) in [6.07, 6.45) is 8.56. The van der Waals surface area contributed by atoms with Gasteiger partial charge in [-0.05, 0) is 54.7 Å². The molecule has 0 bridgehead atoms. The Morgan fingerprint density at radius 2 is 1.68 bits per heavy atom. The zero-order chi connectivity index (χ0) is 34.2. The summed E-state index contributed by atoms with van der Waals surface area (Å²) in [7, 11) is -2.06. The first-order valence-corrected chi connectivity index (χ1v) is 19.2. The van der Waals surface area contributed by atoms with E-state index >= 15 is 0 Å². The van der Waals surface area contributed by atoms with Crippen LogP contribution >= 0.6 is 21.6 Å². The van der Waals surface area contributed by atoms with Crippen LogP contribution in [0.25, 0.3) is 5.69 Å². The average Bonchev–Trinajstić information content (AvgIpc) is 3.48. The summed E-state index contributed by atoms with van der Waals surface area (Å²) in [6, 6.07) is 16.4. The van der Waals surface area contributed by atoms with Crippen LogP contribution in [0, 0.1) is 0 Å². The maximum absolute atomic E-state index is 13.8. The minimum absolute atomic E-state index is 0.0135. The molecule has 3 aromatic carbocycles. The number of benzene rings is 3. The fraction of sp³-hybridized carbons (Fsp3) is 0.281. The second kappa shape index (κ2) is 15.6. The number of carbonyl (C=O) groups excluding carboxylic acids is 2. The molecule has 3 N–H and O–H groups in total. The van der Waals surface area contributed by atoms with Gasteiger partial charge in [-0.3, -0.25) is 10.1 Å². The fourth-order valence-electron chi connectivity index (χ4n) is 4.32. The number of hydrogen-bond donors (Lipinski definition) is 3. The van der Waals surface area contributed by atoms with E-state index in [4.69, 9.17) is 25.8 Å². The van der Waals surface area contributed by atoms with Gasteiger partial charge in [0, 0.05) is 34.6 Å². The van der Waals surface area contributed by atoms with Crippen molar-refractivity contribution >= 4 is 55.0 Å². The molecule has 0 saturated heterocycles. The van der Waals surface area contributed by atoms with Crippen molar-refractivity contribution < 1.29 is 32.2 Å². The molecule has 0 saturated carbocycles. The molecule has 15 heteroatoms. The molecule has 2 amide bonds. The molecule has 0 aliphatic rings. The standard InChI is InChI=1S/C32H38ClN5O7S2/c1-43-26-12-10-23(29(18-26)44-2)19-35-47(41,42)30-17-24(36-31(39)16-22-8-6-7-9-27(22)33)11-13-28(30)38-21-25(20-34-38)37-32(40)45-14-15-46(3,4)5/h6-13,17-18,20-21,35H,14-16,19H2,1-5H3,(H,36,39)(H,37,40). The first kappa shape index (κ1) is 35.6. The number of ether oxygens (including phenoxy) is 3. The van der Waals surface area contributed by atoms with Crippen LogP contribution in [0.15, 0.2) is 78.0 Å². The normalized spacial score (nSPS) is 11.9. The summed E-state index contributed by atoms with van der Waals surface area (Å²) in [6.45, 7) is 0.168. The summed E-state index contributed by atoms with van der Waals surface area (Å²) >= 11 is 6.22. The minimum atomic E-state index is -4.22. The van der Waals surface area contributed by atoms with Crippen LogP contribution in [-0.4, -0.2) is 75.5 Å². The molecule has 0 unspecified atom stereocenters. The van der Waals surface area contributed by atoms with Crippen LogP contribution in [0.3, 0.4) is 0 Å². The number of sulfonamides is 1. The Hall–Kier alpha value is -4.24. The molecule has 1 aromatic heterocycles. The molecule has 0 fully saturated rings. The number of nitrogens with zero attached hydrogens (tertiary/aromatic N) is 2. The van der Waals surface area contributed by atoms with E-state index in [0.717, 1.165) is 5.75 Å². The van der Waals surface area contributed by atoms with Crippen LogP contribution in [0.5, 0.6) is 11.5 Å². The summed E-state index contributed by atoms with van der Waals surface area (Å²) in [5.74, 6) is 1.37. The first-order chi connectivity index (χ1) is 22.3. The van der Waals surface area contributed by atoms with Gasteiger partial charge >= 0.3 is 6.09 Å². The highest BCUT2D eigenvalue weighted by molar-refractivity contribution is 8.32. The second-order valence-electron chi connectivity index (χ2n) is 11.2. The lowest BCUT2D eigenvalue weighted by molar-refractivity contribution is -0.115. The fourth-order valence-corrected chi connectivity index (χ4v) is 6.33. The Bertz CT molecular complexity index is 1840. The monoisotopic (exact) mass is 703 g/mol. The van der Waals surface area contributed by atoms with Crippen molar-refractivity contribution in [3.05, 3.63) is 89.2 Å². The molecule has 0 aliphatic carbocycles. The molecule has 1 heterocycles. The lowest BCUT2D eigenvalue weighted by atomic mass is 10.1. The van der Waals surface area contributed by atoms with E-state index in [2.05, 4.69) is 39.2 Å². The Balaban J connectivity index is 1.61. The van der Waals surface area contributed by atoms with Gasteiger partial charge in [-0.15, -0.1) is 0 Å². The van der Waals surface area contributed by atoms with Gasteiger partial charge in [0.2, 0.25) is 15.9 Å². The molecule has 4 rings (SSSR count). The van der Waals surface area contributed by atoms with Gasteiger partial charge in [0.1, 0.15) is 23.0 Å². The van der Waals surface area contributed by atoms with Crippen molar-refractivity contribution in [2.24, 2.45) is 0 Å². The SMILES string of the molecule is COc1ccc(CNS(=O)(=O)c2cc(NC(=O)Cc3ccccc3Cl)ccc2-n2cc(NC(=O)OCCS(C)(C)C)cn2)c(OC)c1. The van der Waals surface area contributed by atoms with E-state index in [9.17, 15) is 18.0 Å². The molecule has 252 valence electrons. The molecule has 47 heavy (non-hydrogen) atoms. The number of carbonyl (C=O) groups is 2. The Morgan fingerprint density at radius 3 is 2.38 bits per heavy atom. The molecule has 4 aromatic rings. The molecule has 0 atom stereocenters. The lowest BCUT2D eigenvalue weighted by Gasteiger charge is -2.24. The number of methoxy groups -OCH3 is 2. The lowest BCUT2D eigenvalue weighted by Crippen LogP contribution is -2.25. The van der Waals surface area contributed by atoms with Crippen molar-refractivity contribution in [2.75, 3.05) is 56.0 Å². The van der Waals surface area contributed by atoms with E-state index in [1.807, 2.05) is 0 Å². The van der Waals surface area contributed by atoms with Crippen molar-refractivity contribution in [3.63, 3.8) is 0 Å². The number of hydrogen-bond acceptors (Lipinski definition) is 8. The molecule has 0 aliphatic heterocycles. The topological polar surface area (TPSA) is 150 Å². The molecule has 0 radical (unpaired) electrons. The third-order valence-corrected chi connectivity index (χ3v) is 9.98. The van der Waals surface area contributed by atoms with E-state index in [0.29, 0.717) is 33.3 Å². The summed E-state index contributed by atoms with van der Waals surface area (Å²) in [4.78, 5) is 25.1. The maximum atomic E-state index is 13.8.